The molecule has 5 aromatic rings. The van der Waals surface area contributed by atoms with Gasteiger partial charge in [0, 0.05) is 22.6 Å². The van der Waals surface area contributed by atoms with Crippen molar-refractivity contribution in [2.75, 3.05) is 0 Å². The van der Waals surface area contributed by atoms with Crippen molar-refractivity contribution >= 4 is 38.8 Å². The van der Waals surface area contributed by atoms with E-state index in [4.69, 9.17) is 15.0 Å². The SMILES string of the molecule is C1=CC2=CC=C3CC=CC4=C3C2C(=C1)C=C4c1nc(-c2cccc3ccccc23)nc(-c2ccc3c4c5c(ccc24)C=CCC5=CC3)n1. The molecule has 1 aromatic heterocycles. The number of hydrogen-bond donors (Lipinski definition) is 0. The minimum atomic E-state index is 0.266. The minimum Gasteiger partial charge on any atom is -0.208 e. The van der Waals surface area contributed by atoms with E-state index in [1.807, 2.05) is 0 Å². The summed E-state index contributed by atoms with van der Waals surface area (Å²) >= 11 is 0. The maximum atomic E-state index is 5.39. The van der Waals surface area contributed by atoms with Crippen LogP contribution in [0.25, 0.3) is 61.5 Å². The van der Waals surface area contributed by atoms with Gasteiger partial charge >= 0.3 is 0 Å². The second-order valence-electron chi connectivity index (χ2n) is 13.4. The van der Waals surface area contributed by atoms with Crippen molar-refractivity contribution in [3.05, 3.63) is 178 Å². The van der Waals surface area contributed by atoms with Crippen LogP contribution in [-0.2, 0) is 6.42 Å². The molecule has 11 rings (SSSR count). The summed E-state index contributed by atoms with van der Waals surface area (Å²) in [7, 11) is 0. The second-order valence-corrected chi connectivity index (χ2v) is 13.4. The molecule has 6 aliphatic carbocycles. The Balaban J connectivity index is 1.20. The zero-order valence-electron chi connectivity index (χ0n) is 26.2. The van der Waals surface area contributed by atoms with E-state index >= 15 is 0 Å². The minimum absolute atomic E-state index is 0.266. The van der Waals surface area contributed by atoms with Crippen LogP contribution in [-0.4, -0.2) is 15.0 Å². The first-order chi connectivity index (χ1) is 23.8. The summed E-state index contributed by atoms with van der Waals surface area (Å²) in [5, 5.41) is 4.86. The molecule has 4 aromatic carbocycles. The van der Waals surface area contributed by atoms with Gasteiger partial charge in [-0.3, -0.25) is 0 Å². The van der Waals surface area contributed by atoms with Crippen LogP contribution in [0.3, 0.4) is 0 Å². The van der Waals surface area contributed by atoms with Crippen molar-refractivity contribution in [1.82, 2.24) is 15.0 Å². The summed E-state index contributed by atoms with van der Waals surface area (Å²) in [5.41, 5.74) is 15.2. The van der Waals surface area contributed by atoms with Crippen LogP contribution < -0.4 is 0 Å². The quantitative estimate of drug-likeness (QED) is 0.204. The third-order valence-corrected chi connectivity index (χ3v) is 10.8. The molecule has 0 saturated carbocycles. The molecule has 1 heterocycles. The zero-order valence-corrected chi connectivity index (χ0v) is 26.2. The molecule has 1 unspecified atom stereocenters. The highest BCUT2D eigenvalue weighted by atomic mass is 15.0. The highest BCUT2D eigenvalue weighted by molar-refractivity contribution is 6.08. The van der Waals surface area contributed by atoms with Gasteiger partial charge in [-0.25, -0.2) is 15.0 Å². The van der Waals surface area contributed by atoms with Crippen LogP contribution in [0.4, 0.5) is 0 Å². The molecular weight excluding hydrogens is 583 g/mol. The van der Waals surface area contributed by atoms with Crippen LogP contribution in [0.1, 0.15) is 35.4 Å². The fourth-order valence-electron chi connectivity index (χ4n) is 8.68. The lowest BCUT2D eigenvalue weighted by Crippen LogP contribution is -2.22. The van der Waals surface area contributed by atoms with E-state index in [0.29, 0.717) is 17.5 Å². The Morgan fingerprint density at radius 2 is 1.44 bits per heavy atom. The standard InChI is InChI=1S/C45H29N3/c1-2-14-33-26(7-1)8-5-16-36(33)43-46-44(37-24-22-31-20-18-27-9-3-10-29-21-23-35(37)42(31)39(27)29)48-45(47-43)38-25-32-13-4-11-28-17-19-30-12-6-15-34(38)41(30)40(28)32/h1-8,10-11,13-19,21-25,40H,9,12,20H2. The summed E-state index contributed by atoms with van der Waals surface area (Å²) in [5.74, 6) is 2.39. The predicted octanol–water partition coefficient (Wildman–Crippen LogP) is 10.5. The molecule has 3 heteroatoms. The Labute approximate surface area is 278 Å². The monoisotopic (exact) mass is 611 g/mol. The van der Waals surface area contributed by atoms with Crippen LogP contribution >= 0.6 is 0 Å². The molecule has 1 atom stereocenters. The summed E-state index contributed by atoms with van der Waals surface area (Å²) in [6, 6.07) is 24.0. The van der Waals surface area contributed by atoms with Gasteiger partial charge in [0.05, 0.1) is 0 Å². The summed E-state index contributed by atoms with van der Waals surface area (Å²) in [4.78, 5) is 16.0. The van der Waals surface area contributed by atoms with Crippen LogP contribution in [0.15, 0.2) is 155 Å². The summed E-state index contributed by atoms with van der Waals surface area (Å²) in [6.45, 7) is 0. The van der Waals surface area contributed by atoms with Crippen molar-refractivity contribution < 1.29 is 0 Å². The van der Waals surface area contributed by atoms with Gasteiger partial charge in [-0.05, 0) is 97.0 Å². The Morgan fingerprint density at radius 1 is 0.604 bits per heavy atom. The largest absolute Gasteiger partial charge is 0.208 e. The maximum Gasteiger partial charge on any atom is 0.164 e. The molecule has 0 bridgehead atoms. The summed E-state index contributed by atoms with van der Waals surface area (Å²) < 4.78 is 0. The van der Waals surface area contributed by atoms with Gasteiger partial charge in [-0.15, -0.1) is 0 Å². The first kappa shape index (κ1) is 26.2. The molecular formula is C45H29N3. The normalized spacial score (nSPS) is 19.5. The molecule has 0 amide bonds. The van der Waals surface area contributed by atoms with Crippen LogP contribution in [0, 0.1) is 5.92 Å². The Kier molecular flexibility index (Phi) is 5.34. The molecule has 0 N–H and O–H groups in total. The smallest absolute Gasteiger partial charge is 0.164 e. The highest BCUT2D eigenvalue weighted by Gasteiger charge is 2.36. The molecule has 6 aliphatic rings. The van der Waals surface area contributed by atoms with Gasteiger partial charge in [0.1, 0.15) is 0 Å². The van der Waals surface area contributed by atoms with Crippen molar-refractivity contribution in [3.8, 4) is 22.8 Å². The highest BCUT2D eigenvalue weighted by Crippen LogP contribution is 2.50. The zero-order chi connectivity index (χ0) is 31.3. The van der Waals surface area contributed by atoms with E-state index in [1.165, 1.54) is 66.3 Å². The van der Waals surface area contributed by atoms with Crippen molar-refractivity contribution in [2.24, 2.45) is 5.92 Å². The molecule has 48 heavy (non-hydrogen) atoms. The van der Waals surface area contributed by atoms with Gasteiger partial charge in [-0.2, -0.15) is 0 Å². The van der Waals surface area contributed by atoms with Crippen molar-refractivity contribution in [2.45, 2.75) is 19.3 Å². The van der Waals surface area contributed by atoms with E-state index in [1.54, 1.807) is 0 Å². The molecule has 0 radical (unpaired) electrons. The lowest BCUT2D eigenvalue weighted by Gasteiger charge is -2.36. The van der Waals surface area contributed by atoms with Gasteiger partial charge < -0.3 is 0 Å². The van der Waals surface area contributed by atoms with Crippen LogP contribution in [0.2, 0.25) is 0 Å². The van der Waals surface area contributed by atoms with Crippen molar-refractivity contribution in [3.63, 3.8) is 0 Å². The molecule has 0 spiro atoms. The van der Waals surface area contributed by atoms with E-state index in [9.17, 15) is 0 Å². The summed E-state index contributed by atoms with van der Waals surface area (Å²) in [6.07, 6.45) is 28.0. The fourth-order valence-corrected chi connectivity index (χ4v) is 8.68. The first-order valence-corrected chi connectivity index (χ1v) is 16.9. The number of aromatic nitrogens is 3. The lowest BCUT2D eigenvalue weighted by atomic mass is 9.67. The van der Waals surface area contributed by atoms with E-state index < -0.39 is 0 Å². The number of nitrogens with zero attached hydrogens (tertiary/aromatic N) is 3. The van der Waals surface area contributed by atoms with E-state index in [2.05, 4.69) is 134 Å². The average molecular weight is 612 g/mol. The Hall–Kier alpha value is -5.93. The van der Waals surface area contributed by atoms with Gasteiger partial charge in [0.15, 0.2) is 17.5 Å². The van der Waals surface area contributed by atoms with E-state index in [-0.39, 0.29) is 5.92 Å². The van der Waals surface area contributed by atoms with Gasteiger partial charge in [0.25, 0.3) is 0 Å². The molecule has 0 fully saturated rings. The van der Waals surface area contributed by atoms with Crippen molar-refractivity contribution in [1.29, 1.82) is 0 Å². The fraction of sp³-hybridized carbons (Fsp3) is 0.0889. The molecule has 3 nitrogen and oxygen atoms in total. The molecule has 0 aliphatic heterocycles. The maximum absolute atomic E-state index is 5.39. The third kappa shape index (κ3) is 3.67. The lowest BCUT2D eigenvalue weighted by molar-refractivity contribution is 0.832. The number of fused-ring (bicyclic) bond motifs is 1. The third-order valence-electron chi connectivity index (χ3n) is 10.8. The molecule has 0 saturated heterocycles. The van der Waals surface area contributed by atoms with Gasteiger partial charge in [0.2, 0.25) is 0 Å². The number of hydrogen-bond acceptors (Lipinski definition) is 3. The predicted molar refractivity (Wildman–Crippen MR) is 197 cm³/mol. The van der Waals surface area contributed by atoms with Crippen LogP contribution in [0.5, 0.6) is 0 Å². The number of allylic oxidation sites excluding steroid dienone is 17. The number of benzene rings is 4. The second kappa shape index (κ2) is 9.79. The Bertz CT molecular complexity index is 2620. The van der Waals surface area contributed by atoms with E-state index in [0.717, 1.165) is 41.3 Å². The Morgan fingerprint density at radius 3 is 2.40 bits per heavy atom. The number of rotatable bonds is 3. The first-order valence-electron chi connectivity index (χ1n) is 16.9. The topological polar surface area (TPSA) is 38.7 Å². The van der Waals surface area contributed by atoms with Gasteiger partial charge in [-0.1, -0.05) is 127 Å². The average Bonchev–Trinajstić information content (AvgIpc) is 3.15. The molecule has 224 valence electrons.